The molecule has 2 rings (SSSR count). The zero-order valence-electron chi connectivity index (χ0n) is 10.9. The maximum absolute atomic E-state index is 12.5. The summed E-state index contributed by atoms with van der Waals surface area (Å²) >= 11 is 5.78. The molecule has 1 aromatic carbocycles. The highest BCUT2D eigenvalue weighted by atomic mass is 35.5. The fourth-order valence-electron chi connectivity index (χ4n) is 2.70. The van der Waals surface area contributed by atoms with Crippen molar-refractivity contribution in [2.24, 2.45) is 5.92 Å². The van der Waals surface area contributed by atoms with Crippen LogP contribution in [0, 0.1) is 5.92 Å². The molecule has 0 bridgehead atoms. The lowest BCUT2D eigenvalue weighted by Crippen LogP contribution is -2.38. The van der Waals surface area contributed by atoms with Crippen LogP contribution in [0.25, 0.3) is 0 Å². The van der Waals surface area contributed by atoms with Gasteiger partial charge in [-0.2, -0.15) is 0 Å². The minimum absolute atomic E-state index is 0.122. The number of alkyl halides is 1. The molecule has 0 fully saturated rings. The van der Waals surface area contributed by atoms with Gasteiger partial charge >= 0.3 is 0 Å². The summed E-state index contributed by atoms with van der Waals surface area (Å²) in [7, 11) is 0. The number of rotatable bonds is 5. The quantitative estimate of drug-likeness (QED) is 0.750. The Hall–Kier alpha value is -1.02. The first-order chi connectivity index (χ1) is 8.76. The third kappa shape index (κ3) is 2.86. The fourth-order valence-corrected chi connectivity index (χ4v) is 2.90. The van der Waals surface area contributed by atoms with Gasteiger partial charge in [0.15, 0.2) is 0 Å². The molecule has 0 N–H and O–H groups in total. The first-order valence-electron chi connectivity index (χ1n) is 6.67. The molecule has 0 saturated heterocycles. The number of carbonyl (C=O) groups excluding carboxylic acids is 1. The Morgan fingerprint density at radius 2 is 1.89 bits per heavy atom. The van der Waals surface area contributed by atoms with Gasteiger partial charge < -0.3 is 4.90 Å². The molecule has 0 heterocycles. The molecular formula is C15H20ClNO. The SMILES string of the molecule is CCCN(CCCl)C(=O)C1Cc2ccccc2C1. The third-order valence-corrected chi connectivity index (χ3v) is 3.73. The molecule has 0 radical (unpaired) electrons. The number of halogens is 1. The Morgan fingerprint density at radius 1 is 1.28 bits per heavy atom. The van der Waals surface area contributed by atoms with E-state index in [1.807, 2.05) is 17.0 Å². The summed E-state index contributed by atoms with van der Waals surface area (Å²) in [6.07, 6.45) is 2.76. The number of carbonyl (C=O) groups is 1. The maximum atomic E-state index is 12.5. The monoisotopic (exact) mass is 265 g/mol. The lowest BCUT2D eigenvalue weighted by atomic mass is 10.0. The lowest BCUT2D eigenvalue weighted by Gasteiger charge is -2.24. The summed E-state index contributed by atoms with van der Waals surface area (Å²) in [6, 6.07) is 8.37. The summed E-state index contributed by atoms with van der Waals surface area (Å²) in [6.45, 7) is 3.58. The van der Waals surface area contributed by atoms with Gasteiger partial charge in [0, 0.05) is 24.9 Å². The van der Waals surface area contributed by atoms with Gasteiger partial charge in [0.1, 0.15) is 0 Å². The van der Waals surface area contributed by atoms with Crippen molar-refractivity contribution in [3.05, 3.63) is 35.4 Å². The summed E-state index contributed by atoms with van der Waals surface area (Å²) in [5.41, 5.74) is 2.66. The first kappa shape index (κ1) is 13.4. The molecule has 0 atom stereocenters. The Bertz CT molecular complexity index is 388. The van der Waals surface area contributed by atoms with E-state index in [1.54, 1.807) is 0 Å². The summed E-state index contributed by atoms with van der Waals surface area (Å²) in [5.74, 6) is 0.914. The van der Waals surface area contributed by atoms with Crippen molar-refractivity contribution < 1.29 is 4.79 Å². The van der Waals surface area contributed by atoms with Gasteiger partial charge in [-0.15, -0.1) is 11.6 Å². The van der Waals surface area contributed by atoms with E-state index in [0.717, 1.165) is 25.8 Å². The van der Waals surface area contributed by atoms with E-state index < -0.39 is 0 Å². The molecule has 0 aliphatic heterocycles. The Kier molecular flexibility index (Phi) is 4.65. The van der Waals surface area contributed by atoms with E-state index in [0.29, 0.717) is 12.4 Å². The number of nitrogens with zero attached hydrogens (tertiary/aromatic N) is 1. The minimum Gasteiger partial charge on any atom is -0.341 e. The van der Waals surface area contributed by atoms with Crippen LogP contribution in [0.3, 0.4) is 0 Å². The first-order valence-corrected chi connectivity index (χ1v) is 7.21. The van der Waals surface area contributed by atoms with E-state index in [1.165, 1.54) is 11.1 Å². The van der Waals surface area contributed by atoms with Gasteiger partial charge in [0.05, 0.1) is 0 Å². The van der Waals surface area contributed by atoms with Crippen LogP contribution in [0.5, 0.6) is 0 Å². The zero-order chi connectivity index (χ0) is 13.0. The Morgan fingerprint density at radius 3 is 2.39 bits per heavy atom. The molecule has 0 unspecified atom stereocenters. The Balaban J connectivity index is 2.03. The highest BCUT2D eigenvalue weighted by Gasteiger charge is 2.29. The van der Waals surface area contributed by atoms with Gasteiger partial charge in [0.25, 0.3) is 0 Å². The highest BCUT2D eigenvalue weighted by Crippen LogP contribution is 2.27. The van der Waals surface area contributed by atoms with Crippen LogP contribution in [0.4, 0.5) is 0 Å². The molecular weight excluding hydrogens is 246 g/mol. The second-order valence-electron chi connectivity index (χ2n) is 4.89. The smallest absolute Gasteiger partial charge is 0.226 e. The van der Waals surface area contributed by atoms with Crippen LogP contribution in [0.15, 0.2) is 24.3 Å². The normalized spacial score (nSPS) is 14.6. The Labute approximate surface area is 114 Å². The van der Waals surface area contributed by atoms with Crippen molar-refractivity contribution in [2.45, 2.75) is 26.2 Å². The van der Waals surface area contributed by atoms with Crippen LogP contribution in [0.2, 0.25) is 0 Å². The van der Waals surface area contributed by atoms with Crippen molar-refractivity contribution in [2.75, 3.05) is 19.0 Å². The second-order valence-corrected chi connectivity index (χ2v) is 5.27. The number of benzene rings is 1. The highest BCUT2D eigenvalue weighted by molar-refractivity contribution is 6.18. The van der Waals surface area contributed by atoms with Gasteiger partial charge in [-0.25, -0.2) is 0 Å². The number of hydrogen-bond acceptors (Lipinski definition) is 1. The molecule has 1 aromatic rings. The zero-order valence-corrected chi connectivity index (χ0v) is 11.6. The maximum Gasteiger partial charge on any atom is 0.226 e. The topological polar surface area (TPSA) is 20.3 Å². The van der Waals surface area contributed by atoms with Crippen molar-refractivity contribution in [1.29, 1.82) is 0 Å². The molecule has 1 aliphatic carbocycles. The predicted molar refractivity (Wildman–Crippen MR) is 74.9 cm³/mol. The third-order valence-electron chi connectivity index (χ3n) is 3.56. The predicted octanol–water partition coefficient (Wildman–Crippen LogP) is 2.88. The molecule has 18 heavy (non-hydrogen) atoms. The van der Waals surface area contributed by atoms with Gasteiger partial charge in [-0.3, -0.25) is 4.79 Å². The summed E-state index contributed by atoms with van der Waals surface area (Å²) in [4.78, 5) is 14.4. The molecule has 0 saturated carbocycles. The minimum atomic E-state index is 0.122. The molecule has 98 valence electrons. The largest absolute Gasteiger partial charge is 0.341 e. The molecule has 1 aliphatic rings. The summed E-state index contributed by atoms with van der Waals surface area (Å²) < 4.78 is 0. The molecule has 0 aromatic heterocycles. The average molecular weight is 266 g/mol. The van der Waals surface area contributed by atoms with Crippen molar-refractivity contribution in [3.8, 4) is 0 Å². The van der Waals surface area contributed by atoms with E-state index in [9.17, 15) is 4.79 Å². The lowest BCUT2D eigenvalue weighted by molar-refractivity contribution is -0.135. The van der Waals surface area contributed by atoms with E-state index in [-0.39, 0.29) is 11.8 Å². The number of fused-ring (bicyclic) bond motifs is 1. The molecule has 0 spiro atoms. The number of amides is 1. The van der Waals surface area contributed by atoms with Crippen LogP contribution in [-0.4, -0.2) is 29.8 Å². The molecule has 1 amide bonds. The summed E-state index contributed by atoms with van der Waals surface area (Å²) in [5, 5.41) is 0. The van der Waals surface area contributed by atoms with E-state index in [2.05, 4.69) is 19.1 Å². The molecule has 2 nitrogen and oxygen atoms in total. The number of hydrogen-bond donors (Lipinski definition) is 0. The van der Waals surface area contributed by atoms with Crippen LogP contribution >= 0.6 is 11.6 Å². The van der Waals surface area contributed by atoms with Crippen molar-refractivity contribution in [1.82, 2.24) is 4.90 Å². The van der Waals surface area contributed by atoms with Crippen molar-refractivity contribution in [3.63, 3.8) is 0 Å². The van der Waals surface area contributed by atoms with E-state index >= 15 is 0 Å². The fraction of sp³-hybridized carbons (Fsp3) is 0.533. The average Bonchev–Trinajstić information content (AvgIpc) is 2.81. The standard InChI is InChI=1S/C15H20ClNO/c1-2-8-17(9-7-16)15(18)14-10-12-5-3-4-6-13(12)11-14/h3-6,14H,2,7-11H2,1H3. The van der Waals surface area contributed by atoms with Crippen LogP contribution in [-0.2, 0) is 17.6 Å². The van der Waals surface area contributed by atoms with Crippen molar-refractivity contribution >= 4 is 17.5 Å². The van der Waals surface area contributed by atoms with Crippen LogP contribution in [0.1, 0.15) is 24.5 Å². The van der Waals surface area contributed by atoms with Gasteiger partial charge in [-0.1, -0.05) is 31.2 Å². The molecule has 3 heteroatoms. The second kappa shape index (κ2) is 6.24. The van der Waals surface area contributed by atoms with Gasteiger partial charge in [-0.05, 0) is 30.4 Å². The van der Waals surface area contributed by atoms with Crippen LogP contribution < -0.4 is 0 Å². The van der Waals surface area contributed by atoms with Gasteiger partial charge in [0.2, 0.25) is 5.91 Å². The van der Waals surface area contributed by atoms with E-state index in [4.69, 9.17) is 11.6 Å².